The van der Waals surface area contributed by atoms with Crippen molar-refractivity contribution in [3.8, 4) is 0 Å². The van der Waals surface area contributed by atoms with E-state index in [1.165, 1.54) is 44.2 Å². The molecule has 0 unspecified atom stereocenters. The van der Waals surface area contributed by atoms with E-state index in [0.29, 0.717) is 6.54 Å². The lowest BCUT2D eigenvalue weighted by molar-refractivity contribution is 0.610. The summed E-state index contributed by atoms with van der Waals surface area (Å²) in [6.07, 6.45) is 7.35. The number of hydrogen-bond acceptors (Lipinski definition) is 2. The van der Waals surface area contributed by atoms with E-state index in [0.717, 1.165) is 25.2 Å². The van der Waals surface area contributed by atoms with Gasteiger partial charge >= 0.3 is 0 Å². The zero-order chi connectivity index (χ0) is 13.9. The number of anilines is 1. The SMILES string of the molecule is CCCCCCCN(CCCN)c1ccc(F)cc1. The molecule has 0 spiro atoms. The van der Waals surface area contributed by atoms with Crippen LogP contribution in [-0.4, -0.2) is 19.6 Å². The summed E-state index contributed by atoms with van der Waals surface area (Å²) in [5, 5.41) is 0. The van der Waals surface area contributed by atoms with E-state index < -0.39 is 0 Å². The standard InChI is InChI=1S/C16H27FN2/c1-2-3-4-5-6-13-19(14-7-12-18)16-10-8-15(17)9-11-16/h8-11H,2-7,12-14,18H2,1H3. The molecule has 0 fully saturated rings. The minimum atomic E-state index is -0.175. The first-order valence-corrected chi connectivity index (χ1v) is 7.48. The van der Waals surface area contributed by atoms with Gasteiger partial charge in [0.15, 0.2) is 0 Å². The Labute approximate surface area is 116 Å². The van der Waals surface area contributed by atoms with E-state index in [-0.39, 0.29) is 5.82 Å². The van der Waals surface area contributed by atoms with Gasteiger partial charge in [-0.05, 0) is 43.7 Å². The number of benzene rings is 1. The Bertz CT molecular complexity index is 324. The van der Waals surface area contributed by atoms with E-state index >= 15 is 0 Å². The van der Waals surface area contributed by atoms with Crippen LogP contribution in [0.1, 0.15) is 45.4 Å². The molecule has 2 nitrogen and oxygen atoms in total. The van der Waals surface area contributed by atoms with Crippen molar-refractivity contribution >= 4 is 5.69 Å². The van der Waals surface area contributed by atoms with Gasteiger partial charge in [0.25, 0.3) is 0 Å². The molecule has 0 aliphatic carbocycles. The Morgan fingerprint density at radius 1 is 0.947 bits per heavy atom. The Kier molecular flexibility index (Phi) is 8.23. The molecule has 0 aromatic heterocycles. The van der Waals surface area contributed by atoms with Crippen LogP contribution in [0.5, 0.6) is 0 Å². The lowest BCUT2D eigenvalue weighted by Crippen LogP contribution is -2.27. The zero-order valence-electron chi connectivity index (χ0n) is 12.1. The first kappa shape index (κ1) is 16.0. The largest absolute Gasteiger partial charge is 0.371 e. The molecule has 0 heterocycles. The van der Waals surface area contributed by atoms with Crippen LogP contribution in [-0.2, 0) is 0 Å². The van der Waals surface area contributed by atoms with Gasteiger partial charge in [-0.2, -0.15) is 0 Å². The Morgan fingerprint density at radius 3 is 2.21 bits per heavy atom. The van der Waals surface area contributed by atoms with E-state index in [1.807, 2.05) is 12.1 Å². The topological polar surface area (TPSA) is 29.3 Å². The molecule has 1 aromatic rings. The second-order valence-corrected chi connectivity index (χ2v) is 5.02. The van der Waals surface area contributed by atoms with Crippen LogP contribution in [0.2, 0.25) is 0 Å². The second kappa shape index (κ2) is 9.79. The Balaban J connectivity index is 2.44. The Morgan fingerprint density at radius 2 is 1.58 bits per heavy atom. The van der Waals surface area contributed by atoms with Crippen LogP contribution < -0.4 is 10.6 Å². The van der Waals surface area contributed by atoms with Gasteiger partial charge in [0.05, 0.1) is 0 Å². The zero-order valence-corrected chi connectivity index (χ0v) is 12.1. The van der Waals surface area contributed by atoms with Gasteiger partial charge < -0.3 is 10.6 Å². The molecule has 0 aliphatic heterocycles. The second-order valence-electron chi connectivity index (χ2n) is 5.02. The molecule has 1 rings (SSSR count). The third-order valence-corrected chi connectivity index (χ3v) is 3.36. The van der Waals surface area contributed by atoms with E-state index in [4.69, 9.17) is 5.73 Å². The fourth-order valence-electron chi connectivity index (χ4n) is 2.21. The maximum absolute atomic E-state index is 13.0. The fraction of sp³-hybridized carbons (Fsp3) is 0.625. The first-order chi connectivity index (χ1) is 9.27. The molecule has 0 saturated heterocycles. The monoisotopic (exact) mass is 266 g/mol. The number of unbranched alkanes of at least 4 members (excludes halogenated alkanes) is 4. The summed E-state index contributed by atoms with van der Waals surface area (Å²) in [5.41, 5.74) is 6.69. The van der Waals surface area contributed by atoms with E-state index in [9.17, 15) is 4.39 Å². The summed E-state index contributed by atoms with van der Waals surface area (Å²) in [6, 6.07) is 6.78. The van der Waals surface area contributed by atoms with Crippen molar-refractivity contribution in [2.45, 2.75) is 45.4 Å². The van der Waals surface area contributed by atoms with Gasteiger partial charge in [0.1, 0.15) is 5.82 Å². The minimum absolute atomic E-state index is 0.175. The van der Waals surface area contributed by atoms with Gasteiger partial charge in [-0.15, -0.1) is 0 Å². The average Bonchev–Trinajstić information content (AvgIpc) is 2.43. The van der Waals surface area contributed by atoms with Crippen molar-refractivity contribution in [3.05, 3.63) is 30.1 Å². The van der Waals surface area contributed by atoms with E-state index in [1.54, 1.807) is 0 Å². The maximum Gasteiger partial charge on any atom is 0.123 e. The molecule has 0 radical (unpaired) electrons. The third kappa shape index (κ3) is 6.58. The minimum Gasteiger partial charge on any atom is -0.371 e. The summed E-state index contributed by atoms with van der Waals surface area (Å²) in [4.78, 5) is 2.32. The third-order valence-electron chi connectivity index (χ3n) is 3.36. The molecule has 108 valence electrons. The molecule has 3 heteroatoms. The van der Waals surface area contributed by atoms with Gasteiger partial charge in [0.2, 0.25) is 0 Å². The number of rotatable bonds is 10. The van der Waals surface area contributed by atoms with Crippen molar-refractivity contribution in [1.29, 1.82) is 0 Å². The highest BCUT2D eigenvalue weighted by atomic mass is 19.1. The van der Waals surface area contributed by atoms with Crippen molar-refractivity contribution in [2.75, 3.05) is 24.5 Å². The quantitative estimate of drug-likeness (QED) is 0.650. The van der Waals surface area contributed by atoms with Gasteiger partial charge in [-0.3, -0.25) is 0 Å². The van der Waals surface area contributed by atoms with Crippen molar-refractivity contribution < 1.29 is 4.39 Å². The summed E-state index contributed by atoms with van der Waals surface area (Å²) in [5.74, 6) is -0.175. The van der Waals surface area contributed by atoms with Crippen LogP contribution in [0.3, 0.4) is 0 Å². The number of nitrogens with zero attached hydrogens (tertiary/aromatic N) is 1. The van der Waals surface area contributed by atoms with Gasteiger partial charge in [0, 0.05) is 18.8 Å². The highest BCUT2D eigenvalue weighted by Crippen LogP contribution is 2.16. The first-order valence-electron chi connectivity index (χ1n) is 7.48. The summed E-state index contributed by atoms with van der Waals surface area (Å²) < 4.78 is 13.0. The molecule has 19 heavy (non-hydrogen) atoms. The number of halogens is 1. The van der Waals surface area contributed by atoms with E-state index in [2.05, 4.69) is 11.8 Å². The highest BCUT2D eigenvalue weighted by Gasteiger charge is 2.05. The van der Waals surface area contributed by atoms with Crippen LogP contribution in [0.4, 0.5) is 10.1 Å². The maximum atomic E-state index is 13.0. The normalized spacial score (nSPS) is 10.7. The highest BCUT2D eigenvalue weighted by molar-refractivity contribution is 5.46. The van der Waals surface area contributed by atoms with Crippen LogP contribution >= 0.6 is 0 Å². The molecule has 0 amide bonds. The van der Waals surface area contributed by atoms with Crippen molar-refractivity contribution in [3.63, 3.8) is 0 Å². The lowest BCUT2D eigenvalue weighted by Gasteiger charge is -2.24. The molecule has 0 saturated carbocycles. The Hall–Kier alpha value is -1.09. The van der Waals surface area contributed by atoms with Crippen molar-refractivity contribution in [2.24, 2.45) is 5.73 Å². The predicted octanol–water partition coefficient (Wildman–Crippen LogP) is 3.95. The van der Waals surface area contributed by atoms with Gasteiger partial charge in [-0.25, -0.2) is 4.39 Å². The molecule has 0 atom stereocenters. The van der Waals surface area contributed by atoms with Crippen molar-refractivity contribution in [1.82, 2.24) is 0 Å². The molecule has 0 aliphatic rings. The smallest absolute Gasteiger partial charge is 0.123 e. The van der Waals surface area contributed by atoms with Gasteiger partial charge in [-0.1, -0.05) is 32.6 Å². The van der Waals surface area contributed by atoms with Crippen LogP contribution in [0, 0.1) is 5.82 Å². The molecule has 2 N–H and O–H groups in total. The average molecular weight is 266 g/mol. The summed E-state index contributed by atoms with van der Waals surface area (Å²) in [6.45, 7) is 4.92. The number of nitrogens with two attached hydrogens (primary N) is 1. The molecular formula is C16H27FN2. The molecule has 1 aromatic carbocycles. The number of hydrogen-bond donors (Lipinski definition) is 1. The summed E-state index contributed by atoms with van der Waals surface area (Å²) in [7, 11) is 0. The summed E-state index contributed by atoms with van der Waals surface area (Å²) >= 11 is 0. The fourth-order valence-corrected chi connectivity index (χ4v) is 2.21. The molecule has 0 bridgehead atoms. The van der Waals surface area contributed by atoms with Crippen LogP contribution in [0.15, 0.2) is 24.3 Å². The lowest BCUT2D eigenvalue weighted by atomic mass is 10.1. The predicted molar refractivity (Wildman–Crippen MR) is 81.0 cm³/mol. The molecular weight excluding hydrogens is 239 g/mol. The van der Waals surface area contributed by atoms with Crippen LogP contribution in [0.25, 0.3) is 0 Å².